The molecule has 1 aromatic heterocycles. The standard InChI is InChI=1S/C11H17NOS/c1-4-9(5-2)12(3)11-7-6-10(8-13)14-11/h6-9H,4-5H2,1-3H3. The van der Waals surface area contributed by atoms with E-state index in [1.165, 1.54) is 5.00 Å². The van der Waals surface area contributed by atoms with Gasteiger partial charge in [-0.2, -0.15) is 0 Å². The molecule has 0 saturated heterocycles. The molecule has 0 saturated carbocycles. The maximum atomic E-state index is 10.5. The molecule has 0 unspecified atom stereocenters. The van der Waals surface area contributed by atoms with Crippen molar-refractivity contribution in [1.29, 1.82) is 0 Å². The smallest absolute Gasteiger partial charge is 0.160 e. The topological polar surface area (TPSA) is 20.3 Å². The molecule has 14 heavy (non-hydrogen) atoms. The first-order valence-electron chi connectivity index (χ1n) is 5.00. The van der Waals surface area contributed by atoms with Crippen LogP contribution in [0.25, 0.3) is 0 Å². The molecule has 0 amide bonds. The molecule has 0 N–H and O–H groups in total. The van der Waals surface area contributed by atoms with Gasteiger partial charge in [0, 0.05) is 13.1 Å². The van der Waals surface area contributed by atoms with E-state index >= 15 is 0 Å². The van der Waals surface area contributed by atoms with Crippen LogP contribution >= 0.6 is 11.3 Å². The molecule has 0 aromatic carbocycles. The lowest BCUT2D eigenvalue weighted by Crippen LogP contribution is -2.29. The Morgan fingerprint density at radius 2 is 2.07 bits per heavy atom. The van der Waals surface area contributed by atoms with E-state index in [2.05, 4.69) is 25.8 Å². The number of hydrogen-bond donors (Lipinski definition) is 0. The van der Waals surface area contributed by atoms with E-state index in [1.807, 2.05) is 12.1 Å². The Kier molecular flexibility index (Phi) is 4.14. The van der Waals surface area contributed by atoms with E-state index in [9.17, 15) is 4.79 Å². The van der Waals surface area contributed by atoms with Gasteiger partial charge in [-0.15, -0.1) is 11.3 Å². The largest absolute Gasteiger partial charge is 0.364 e. The average molecular weight is 211 g/mol. The monoisotopic (exact) mass is 211 g/mol. The Bertz CT molecular complexity index is 291. The van der Waals surface area contributed by atoms with Gasteiger partial charge < -0.3 is 4.90 Å². The minimum absolute atomic E-state index is 0.577. The van der Waals surface area contributed by atoms with Gasteiger partial charge in [0.2, 0.25) is 0 Å². The van der Waals surface area contributed by atoms with Gasteiger partial charge in [-0.05, 0) is 25.0 Å². The third-order valence-corrected chi connectivity index (χ3v) is 3.67. The quantitative estimate of drug-likeness (QED) is 0.697. The first-order chi connectivity index (χ1) is 6.72. The molecule has 0 aliphatic rings. The van der Waals surface area contributed by atoms with E-state index in [0.717, 1.165) is 24.0 Å². The van der Waals surface area contributed by atoms with Gasteiger partial charge in [0.05, 0.1) is 9.88 Å². The van der Waals surface area contributed by atoms with Gasteiger partial charge in [0.1, 0.15) is 0 Å². The normalized spacial score (nSPS) is 10.6. The van der Waals surface area contributed by atoms with Crippen LogP contribution in [0.3, 0.4) is 0 Å². The Morgan fingerprint density at radius 3 is 2.50 bits per heavy atom. The van der Waals surface area contributed by atoms with Crippen molar-refractivity contribution < 1.29 is 4.79 Å². The van der Waals surface area contributed by atoms with E-state index < -0.39 is 0 Å². The summed E-state index contributed by atoms with van der Waals surface area (Å²) in [7, 11) is 2.10. The lowest BCUT2D eigenvalue weighted by atomic mass is 10.1. The van der Waals surface area contributed by atoms with Crippen LogP contribution < -0.4 is 4.90 Å². The molecule has 1 aromatic rings. The molecular weight excluding hydrogens is 194 g/mol. The van der Waals surface area contributed by atoms with Crippen LogP contribution in [0.15, 0.2) is 12.1 Å². The van der Waals surface area contributed by atoms with Crippen molar-refractivity contribution in [3.05, 3.63) is 17.0 Å². The molecule has 0 radical (unpaired) electrons. The Labute approximate surface area is 89.5 Å². The minimum Gasteiger partial charge on any atom is -0.364 e. The maximum Gasteiger partial charge on any atom is 0.160 e. The van der Waals surface area contributed by atoms with Crippen LogP contribution in [0.2, 0.25) is 0 Å². The van der Waals surface area contributed by atoms with Gasteiger partial charge >= 0.3 is 0 Å². The summed E-state index contributed by atoms with van der Waals surface area (Å²) in [4.78, 5) is 13.6. The summed E-state index contributed by atoms with van der Waals surface area (Å²) in [5.41, 5.74) is 0. The number of carbonyl (C=O) groups excluding carboxylic acids is 1. The average Bonchev–Trinajstić information content (AvgIpc) is 2.67. The second-order valence-corrected chi connectivity index (χ2v) is 4.47. The van der Waals surface area contributed by atoms with Gasteiger partial charge in [-0.25, -0.2) is 0 Å². The molecule has 2 nitrogen and oxygen atoms in total. The molecule has 0 bridgehead atoms. The van der Waals surface area contributed by atoms with Crippen molar-refractivity contribution in [3.63, 3.8) is 0 Å². The zero-order valence-electron chi connectivity index (χ0n) is 8.99. The highest BCUT2D eigenvalue weighted by Gasteiger charge is 2.12. The summed E-state index contributed by atoms with van der Waals surface area (Å²) in [6.45, 7) is 4.39. The fourth-order valence-corrected chi connectivity index (χ4v) is 2.47. The number of anilines is 1. The van der Waals surface area contributed by atoms with Crippen molar-refractivity contribution in [3.8, 4) is 0 Å². The van der Waals surface area contributed by atoms with Crippen molar-refractivity contribution in [2.75, 3.05) is 11.9 Å². The highest BCUT2D eigenvalue weighted by molar-refractivity contribution is 7.17. The molecule has 1 rings (SSSR count). The van der Waals surface area contributed by atoms with E-state index in [1.54, 1.807) is 11.3 Å². The summed E-state index contributed by atoms with van der Waals surface area (Å²) in [6, 6.07) is 4.48. The van der Waals surface area contributed by atoms with Crippen molar-refractivity contribution in [1.82, 2.24) is 0 Å². The van der Waals surface area contributed by atoms with Crippen LogP contribution in [0, 0.1) is 0 Å². The van der Waals surface area contributed by atoms with Crippen molar-refractivity contribution in [2.45, 2.75) is 32.7 Å². The van der Waals surface area contributed by atoms with Crippen LogP contribution in [0.4, 0.5) is 5.00 Å². The number of hydrogen-bond acceptors (Lipinski definition) is 3. The van der Waals surface area contributed by atoms with Crippen LogP contribution in [-0.2, 0) is 0 Å². The molecule has 0 fully saturated rings. The van der Waals surface area contributed by atoms with Crippen LogP contribution in [0.5, 0.6) is 0 Å². The lowest BCUT2D eigenvalue weighted by molar-refractivity contribution is 0.112. The first-order valence-corrected chi connectivity index (χ1v) is 5.82. The van der Waals surface area contributed by atoms with Crippen LogP contribution in [0.1, 0.15) is 36.4 Å². The Hall–Kier alpha value is -0.830. The van der Waals surface area contributed by atoms with Gasteiger partial charge in [-0.1, -0.05) is 13.8 Å². The molecule has 0 aliphatic carbocycles. The first kappa shape index (κ1) is 11.2. The summed E-state index contributed by atoms with van der Waals surface area (Å²) in [5.74, 6) is 0. The molecule has 1 heterocycles. The number of thiophene rings is 1. The van der Waals surface area contributed by atoms with E-state index in [0.29, 0.717) is 6.04 Å². The summed E-state index contributed by atoms with van der Waals surface area (Å²) in [5, 5.41) is 1.18. The second-order valence-electron chi connectivity index (χ2n) is 3.38. The highest BCUT2D eigenvalue weighted by atomic mass is 32.1. The number of nitrogens with zero attached hydrogens (tertiary/aromatic N) is 1. The SMILES string of the molecule is CCC(CC)N(C)c1ccc(C=O)s1. The molecule has 3 heteroatoms. The predicted octanol–water partition coefficient (Wildman–Crippen LogP) is 3.19. The molecular formula is C11H17NOS. The fourth-order valence-electron chi connectivity index (χ4n) is 1.61. The number of carbonyl (C=O) groups is 1. The Balaban J connectivity index is 2.76. The van der Waals surface area contributed by atoms with Crippen molar-refractivity contribution >= 4 is 22.6 Å². The molecule has 0 aliphatic heterocycles. The number of aldehydes is 1. The highest BCUT2D eigenvalue weighted by Crippen LogP contribution is 2.26. The maximum absolute atomic E-state index is 10.5. The van der Waals surface area contributed by atoms with Gasteiger partial charge in [-0.3, -0.25) is 4.79 Å². The van der Waals surface area contributed by atoms with Gasteiger partial charge in [0.15, 0.2) is 6.29 Å². The zero-order chi connectivity index (χ0) is 10.6. The van der Waals surface area contributed by atoms with Crippen molar-refractivity contribution in [2.24, 2.45) is 0 Å². The fraction of sp³-hybridized carbons (Fsp3) is 0.545. The van der Waals surface area contributed by atoms with Gasteiger partial charge in [0.25, 0.3) is 0 Å². The zero-order valence-corrected chi connectivity index (χ0v) is 9.80. The molecule has 0 atom stereocenters. The third kappa shape index (κ3) is 2.35. The van der Waals surface area contributed by atoms with Crippen LogP contribution in [-0.4, -0.2) is 19.4 Å². The third-order valence-electron chi connectivity index (χ3n) is 2.57. The summed E-state index contributed by atoms with van der Waals surface area (Å²) < 4.78 is 0. The lowest BCUT2D eigenvalue weighted by Gasteiger charge is -2.26. The molecule has 78 valence electrons. The predicted molar refractivity (Wildman–Crippen MR) is 62.5 cm³/mol. The second kappa shape index (κ2) is 5.15. The molecule has 0 spiro atoms. The summed E-state index contributed by atoms with van der Waals surface area (Å²) >= 11 is 1.56. The Morgan fingerprint density at radius 1 is 1.43 bits per heavy atom. The summed E-state index contributed by atoms with van der Waals surface area (Å²) in [6.07, 6.45) is 3.19. The van der Waals surface area contributed by atoms with E-state index in [-0.39, 0.29) is 0 Å². The van der Waals surface area contributed by atoms with E-state index in [4.69, 9.17) is 0 Å². The minimum atomic E-state index is 0.577. The number of rotatable bonds is 5.